The number of aromatic nitrogens is 2. The molecule has 7 nitrogen and oxygen atoms in total. The average Bonchev–Trinajstić information content (AvgIpc) is 3.28. The van der Waals surface area contributed by atoms with Crippen LogP contribution in [0.1, 0.15) is 39.7 Å². The van der Waals surface area contributed by atoms with Crippen molar-refractivity contribution in [3.8, 4) is 17.4 Å². The fourth-order valence-corrected chi connectivity index (χ4v) is 3.90. The Morgan fingerprint density at radius 3 is 2.66 bits per heavy atom. The number of amidine groups is 1. The van der Waals surface area contributed by atoms with E-state index in [4.69, 9.17) is 9.47 Å². The molecule has 0 atom stereocenters. The van der Waals surface area contributed by atoms with E-state index in [2.05, 4.69) is 65.9 Å². The van der Waals surface area contributed by atoms with Gasteiger partial charge in [-0.1, -0.05) is 46.8 Å². The minimum Gasteiger partial charge on any atom is -0.496 e. The number of nitrogens with one attached hydrogen (secondary N) is 2. The third kappa shape index (κ3) is 5.80. The molecule has 2 aromatic carbocycles. The predicted molar refractivity (Wildman–Crippen MR) is 142 cm³/mol. The molecule has 1 aliphatic rings. The first-order chi connectivity index (χ1) is 16.8. The van der Waals surface area contributed by atoms with Crippen LogP contribution in [0.2, 0.25) is 0 Å². The van der Waals surface area contributed by atoms with Gasteiger partial charge in [-0.2, -0.15) is 0 Å². The molecular formula is C28H33N5O2. The third-order valence-corrected chi connectivity index (χ3v) is 5.84. The summed E-state index contributed by atoms with van der Waals surface area (Å²) in [5, 5.41) is 7.32. The van der Waals surface area contributed by atoms with Gasteiger partial charge in [0, 0.05) is 11.8 Å². The molecule has 0 saturated carbocycles. The Morgan fingerprint density at radius 2 is 1.94 bits per heavy atom. The Bertz CT molecular complexity index is 1300. The van der Waals surface area contributed by atoms with Crippen molar-refractivity contribution in [2.24, 2.45) is 10.4 Å². The van der Waals surface area contributed by atoms with E-state index >= 15 is 0 Å². The van der Waals surface area contributed by atoms with Crippen molar-refractivity contribution in [3.63, 3.8) is 0 Å². The summed E-state index contributed by atoms with van der Waals surface area (Å²) in [6.07, 6.45) is 5.56. The molecule has 0 spiro atoms. The van der Waals surface area contributed by atoms with Gasteiger partial charge in [-0.05, 0) is 53.3 Å². The number of anilines is 1. The summed E-state index contributed by atoms with van der Waals surface area (Å²) < 4.78 is 11.8. The molecule has 1 aliphatic heterocycles. The second kappa shape index (κ2) is 10.2. The summed E-state index contributed by atoms with van der Waals surface area (Å²) in [5.74, 6) is 3.38. The van der Waals surface area contributed by atoms with Crippen LogP contribution < -0.4 is 20.1 Å². The molecule has 7 heteroatoms. The largest absolute Gasteiger partial charge is 0.496 e. The smallest absolute Gasteiger partial charge is 0.230 e. The summed E-state index contributed by atoms with van der Waals surface area (Å²) >= 11 is 0. The topological polar surface area (TPSA) is 80.7 Å². The summed E-state index contributed by atoms with van der Waals surface area (Å²) in [6.45, 7) is 13.5. The number of aryl methyl sites for hydroxylation is 1. The molecule has 0 radical (unpaired) electrons. The fourth-order valence-electron chi connectivity index (χ4n) is 3.90. The molecule has 182 valence electrons. The monoisotopic (exact) mass is 471 g/mol. The van der Waals surface area contributed by atoms with Gasteiger partial charge in [-0.3, -0.25) is 4.99 Å². The van der Waals surface area contributed by atoms with Crippen LogP contribution in [0.3, 0.4) is 0 Å². The van der Waals surface area contributed by atoms with Crippen LogP contribution in [0.5, 0.6) is 17.4 Å². The van der Waals surface area contributed by atoms with E-state index < -0.39 is 0 Å². The van der Waals surface area contributed by atoms with Crippen LogP contribution in [-0.4, -0.2) is 29.5 Å². The number of hydrogen-bond donors (Lipinski definition) is 2. The van der Waals surface area contributed by atoms with Crippen molar-refractivity contribution in [2.45, 2.75) is 40.5 Å². The highest BCUT2D eigenvalue weighted by molar-refractivity contribution is 5.97. The Hall–Kier alpha value is -3.87. The summed E-state index contributed by atoms with van der Waals surface area (Å²) in [6, 6.07) is 11.6. The Labute approximate surface area is 207 Å². The van der Waals surface area contributed by atoms with Crippen molar-refractivity contribution in [2.75, 3.05) is 19.0 Å². The molecule has 2 heterocycles. The first kappa shape index (κ1) is 24.3. The average molecular weight is 472 g/mol. The summed E-state index contributed by atoms with van der Waals surface area (Å²) in [4.78, 5) is 13.4. The molecule has 0 unspecified atom stereocenters. The maximum Gasteiger partial charge on any atom is 0.230 e. The number of nitrogens with zero attached hydrogens (tertiary/aromatic N) is 3. The lowest BCUT2D eigenvalue weighted by molar-refractivity contribution is 0.409. The minimum atomic E-state index is 0.0973. The molecular weight excluding hydrogens is 438 g/mol. The van der Waals surface area contributed by atoms with Gasteiger partial charge in [-0.25, -0.2) is 9.97 Å². The van der Waals surface area contributed by atoms with Crippen molar-refractivity contribution in [3.05, 3.63) is 72.3 Å². The second-order valence-corrected chi connectivity index (χ2v) is 9.59. The number of hydrogen-bond acceptors (Lipinski definition) is 7. The summed E-state index contributed by atoms with van der Waals surface area (Å²) in [7, 11) is 1.68. The van der Waals surface area contributed by atoms with Gasteiger partial charge < -0.3 is 20.1 Å². The maximum absolute atomic E-state index is 6.17. The van der Waals surface area contributed by atoms with Crippen LogP contribution in [-0.2, 0) is 6.42 Å². The van der Waals surface area contributed by atoms with Crippen LogP contribution in [0, 0.1) is 5.41 Å². The summed E-state index contributed by atoms with van der Waals surface area (Å²) in [5.41, 5.74) is 4.17. The predicted octanol–water partition coefficient (Wildman–Crippen LogP) is 6.24. The van der Waals surface area contributed by atoms with Crippen LogP contribution >= 0.6 is 0 Å². The zero-order valence-corrected chi connectivity index (χ0v) is 21.1. The number of rotatable bonds is 8. The molecule has 4 rings (SSSR count). The van der Waals surface area contributed by atoms with Gasteiger partial charge in [0.15, 0.2) is 0 Å². The van der Waals surface area contributed by atoms with Crippen LogP contribution in [0.4, 0.5) is 5.69 Å². The Morgan fingerprint density at radius 1 is 1.11 bits per heavy atom. The highest BCUT2D eigenvalue weighted by Crippen LogP contribution is 2.33. The highest BCUT2D eigenvalue weighted by atomic mass is 16.5. The van der Waals surface area contributed by atoms with Gasteiger partial charge in [-0.15, -0.1) is 0 Å². The molecule has 0 fully saturated rings. The van der Waals surface area contributed by atoms with Crippen LogP contribution in [0.25, 0.3) is 10.9 Å². The highest BCUT2D eigenvalue weighted by Gasteiger charge is 2.21. The van der Waals surface area contributed by atoms with Crippen molar-refractivity contribution in [1.29, 1.82) is 0 Å². The zero-order chi connectivity index (χ0) is 25.0. The van der Waals surface area contributed by atoms with Crippen molar-refractivity contribution in [1.82, 2.24) is 15.3 Å². The Balaban J connectivity index is 1.49. The molecule has 0 amide bonds. The van der Waals surface area contributed by atoms with E-state index in [9.17, 15) is 0 Å². The quantitative estimate of drug-likeness (QED) is 0.405. The van der Waals surface area contributed by atoms with Gasteiger partial charge in [0.1, 0.15) is 29.5 Å². The first-order valence-corrected chi connectivity index (χ1v) is 11.8. The molecule has 35 heavy (non-hydrogen) atoms. The Kier molecular flexibility index (Phi) is 7.05. The van der Waals surface area contributed by atoms with Gasteiger partial charge in [0.05, 0.1) is 24.6 Å². The lowest BCUT2D eigenvalue weighted by Crippen LogP contribution is -2.24. The van der Waals surface area contributed by atoms with E-state index in [0.29, 0.717) is 24.0 Å². The van der Waals surface area contributed by atoms with Gasteiger partial charge >= 0.3 is 0 Å². The maximum atomic E-state index is 6.17. The molecule has 3 aromatic rings. The molecule has 2 N–H and O–H groups in total. The van der Waals surface area contributed by atoms with E-state index in [-0.39, 0.29) is 5.41 Å². The standard InChI is InChI=1S/C28H33N5O2/c1-7-9-19-12-24-23(15-25(19)34-6)27(31-17-30-24)35-22-11-8-10-21(14-22)32-18(2)33-26-13-20(16-29-26)28(3,4)5/h8,10-15,17,32H,2,7,9,16H2,1,3-6H3,(H,29,33). The molecule has 1 aromatic heterocycles. The molecule has 0 aliphatic carbocycles. The normalized spacial score (nSPS) is 13.3. The van der Waals surface area contributed by atoms with E-state index in [0.717, 1.165) is 46.6 Å². The number of aliphatic imine (C=N–C) groups is 1. The third-order valence-electron chi connectivity index (χ3n) is 5.84. The van der Waals surface area contributed by atoms with Crippen molar-refractivity contribution < 1.29 is 9.47 Å². The fraction of sp³-hybridized carbons (Fsp3) is 0.321. The van der Waals surface area contributed by atoms with Crippen LogP contribution in [0.15, 0.2) is 71.8 Å². The SMILES string of the molecule is C=C(NC1=NCC(C(C)(C)C)=C1)Nc1cccc(Oc2ncnc3cc(CCC)c(OC)cc23)c1. The minimum absolute atomic E-state index is 0.0973. The number of methoxy groups -OCH3 is 1. The zero-order valence-electron chi connectivity index (χ0n) is 21.1. The number of benzene rings is 2. The second-order valence-electron chi connectivity index (χ2n) is 9.59. The van der Waals surface area contributed by atoms with Crippen molar-refractivity contribution >= 4 is 22.4 Å². The van der Waals surface area contributed by atoms with E-state index in [1.54, 1.807) is 7.11 Å². The first-order valence-electron chi connectivity index (χ1n) is 11.8. The number of fused-ring (bicyclic) bond motifs is 1. The number of ether oxygens (including phenoxy) is 2. The lowest BCUT2D eigenvalue weighted by Gasteiger charge is -2.18. The lowest BCUT2D eigenvalue weighted by atomic mass is 9.87. The van der Waals surface area contributed by atoms with E-state index in [1.807, 2.05) is 36.4 Å². The van der Waals surface area contributed by atoms with E-state index in [1.165, 1.54) is 11.9 Å². The van der Waals surface area contributed by atoms with Gasteiger partial charge in [0.25, 0.3) is 0 Å². The molecule has 0 bridgehead atoms. The molecule has 0 saturated heterocycles. The van der Waals surface area contributed by atoms with Gasteiger partial charge in [0.2, 0.25) is 5.88 Å².